The fourth-order valence-corrected chi connectivity index (χ4v) is 3.71. The minimum atomic E-state index is 0.136. The summed E-state index contributed by atoms with van der Waals surface area (Å²) in [4.78, 5) is 27.5. The molecule has 1 amide bonds. The highest BCUT2D eigenvalue weighted by Crippen LogP contribution is 2.26. The summed E-state index contributed by atoms with van der Waals surface area (Å²) in [6.07, 6.45) is 5.59. The van der Waals surface area contributed by atoms with Crippen LogP contribution in [0.2, 0.25) is 0 Å². The Kier molecular flexibility index (Phi) is 6.19. The first kappa shape index (κ1) is 19.0. The van der Waals surface area contributed by atoms with Gasteiger partial charge in [-0.2, -0.15) is 5.26 Å². The van der Waals surface area contributed by atoms with Crippen molar-refractivity contribution in [1.29, 1.82) is 5.26 Å². The second-order valence-electron chi connectivity index (χ2n) is 6.88. The van der Waals surface area contributed by atoms with E-state index in [4.69, 9.17) is 5.26 Å². The Labute approximate surface area is 162 Å². The van der Waals surface area contributed by atoms with Crippen LogP contribution in [-0.4, -0.2) is 40.0 Å². The number of hydrogen-bond acceptors (Lipinski definition) is 8. The molecule has 0 bridgehead atoms. The molecule has 9 heteroatoms. The molecule has 0 radical (unpaired) electrons. The van der Waals surface area contributed by atoms with Crippen LogP contribution in [0.3, 0.4) is 0 Å². The van der Waals surface area contributed by atoms with E-state index in [2.05, 4.69) is 36.6 Å². The van der Waals surface area contributed by atoms with Crippen molar-refractivity contribution in [3.8, 4) is 6.07 Å². The number of amides is 1. The molecule has 1 aliphatic heterocycles. The Bertz CT molecular complexity index is 821. The molecule has 0 spiro atoms. The monoisotopic (exact) mass is 385 g/mol. The Balaban J connectivity index is 1.55. The van der Waals surface area contributed by atoms with Crippen molar-refractivity contribution >= 4 is 34.0 Å². The first-order chi connectivity index (χ1) is 13.0. The Morgan fingerprint density at radius 1 is 1.37 bits per heavy atom. The summed E-state index contributed by atoms with van der Waals surface area (Å²) in [5.41, 5.74) is 0. The van der Waals surface area contributed by atoms with Crippen molar-refractivity contribution in [1.82, 2.24) is 20.3 Å². The van der Waals surface area contributed by atoms with Crippen molar-refractivity contribution in [2.75, 3.05) is 23.3 Å². The molecule has 0 aromatic carbocycles. The summed E-state index contributed by atoms with van der Waals surface area (Å²) in [6.45, 7) is 5.69. The van der Waals surface area contributed by atoms with Crippen molar-refractivity contribution in [3.05, 3.63) is 23.5 Å². The molecular formula is C18H23N7OS. The summed E-state index contributed by atoms with van der Waals surface area (Å²) in [6, 6.07) is 4.15. The van der Waals surface area contributed by atoms with Crippen LogP contribution >= 0.6 is 11.3 Å². The SMILES string of the molecule is CC(C)NC(=O)CC1CCN(c2cc(Nc3ncc(C#N)s3)ncn2)CC1. The Morgan fingerprint density at radius 2 is 2.15 bits per heavy atom. The molecule has 3 rings (SSSR count). The normalized spacial score (nSPS) is 14.8. The molecule has 8 nitrogen and oxygen atoms in total. The quantitative estimate of drug-likeness (QED) is 0.787. The van der Waals surface area contributed by atoms with Gasteiger partial charge in [0.25, 0.3) is 0 Å². The van der Waals surface area contributed by atoms with E-state index in [0.717, 1.165) is 31.7 Å². The molecule has 0 aliphatic carbocycles. The number of carbonyl (C=O) groups is 1. The number of carbonyl (C=O) groups excluding carboxylic acids is 1. The number of nitrogens with zero attached hydrogens (tertiary/aromatic N) is 5. The van der Waals surface area contributed by atoms with E-state index in [1.54, 1.807) is 0 Å². The molecule has 0 unspecified atom stereocenters. The van der Waals surface area contributed by atoms with Gasteiger partial charge < -0.3 is 15.5 Å². The van der Waals surface area contributed by atoms with E-state index >= 15 is 0 Å². The molecule has 2 aromatic rings. The maximum absolute atomic E-state index is 11.9. The zero-order chi connectivity index (χ0) is 19.2. The maximum atomic E-state index is 11.9. The standard InChI is InChI=1S/C18H23N7OS/c1-12(2)23-17(26)7-13-3-5-25(6-4-13)16-8-15(21-11-22-16)24-18-20-10-14(9-19)27-18/h8,10-13H,3-7H2,1-2H3,(H,23,26)(H,20,21,22,24). The number of piperidine rings is 1. The van der Waals surface area contributed by atoms with E-state index < -0.39 is 0 Å². The molecule has 142 valence electrons. The van der Waals surface area contributed by atoms with Gasteiger partial charge >= 0.3 is 0 Å². The predicted molar refractivity (Wildman–Crippen MR) is 105 cm³/mol. The topological polar surface area (TPSA) is 107 Å². The van der Waals surface area contributed by atoms with Gasteiger partial charge in [-0.3, -0.25) is 4.79 Å². The molecule has 2 aromatic heterocycles. The van der Waals surface area contributed by atoms with Crippen molar-refractivity contribution < 1.29 is 4.79 Å². The van der Waals surface area contributed by atoms with Crippen LogP contribution in [0.1, 0.15) is 38.0 Å². The van der Waals surface area contributed by atoms with E-state index in [1.165, 1.54) is 23.9 Å². The largest absolute Gasteiger partial charge is 0.356 e. The third-order valence-corrected chi connectivity index (χ3v) is 5.18. The van der Waals surface area contributed by atoms with Crippen molar-refractivity contribution in [2.24, 2.45) is 5.92 Å². The van der Waals surface area contributed by atoms with Gasteiger partial charge in [-0.1, -0.05) is 11.3 Å². The van der Waals surface area contributed by atoms with Gasteiger partial charge in [0.05, 0.1) is 6.20 Å². The third kappa shape index (κ3) is 5.37. The number of nitriles is 1. The lowest BCUT2D eigenvalue weighted by Crippen LogP contribution is -2.37. The number of thiazole rings is 1. The van der Waals surface area contributed by atoms with Crippen LogP contribution in [0.15, 0.2) is 18.6 Å². The second kappa shape index (κ2) is 8.77. The third-order valence-electron chi connectivity index (χ3n) is 4.37. The van der Waals surface area contributed by atoms with Gasteiger partial charge in [0.15, 0.2) is 5.13 Å². The number of aromatic nitrogens is 3. The molecule has 3 heterocycles. The second-order valence-corrected chi connectivity index (χ2v) is 7.92. The fourth-order valence-electron chi connectivity index (χ4n) is 3.09. The predicted octanol–water partition coefficient (Wildman–Crippen LogP) is 2.68. The highest BCUT2D eigenvalue weighted by atomic mass is 32.1. The van der Waals surface area contributed by atoms with E-state index in [0.29, 0.717) is 28.2 Å². The highest BCUT2D eigenvalue weighted by Gasteiger charge is 2.22. The summed E-state index contributed by atoms with van der Waals surface area (Å²) in [7, 11) is 0. The number of rotatable bonds is 6. The summed E-state index contributed by atoms with van der Waals surface area (Å²) in [5.74, 6) is 2.06. The molecule has 1 fully saturated rings. The highest BCUT2D eigenvalue weighted by molar-refractivity contribution is 7.16. The van der Waals surface area contributed by atoms with Crippen molar-refractivity contribution in [2.45, 2.75) is 39.2 Å². The van der Waals surface area contributed by atoms with Crippen molar-refractivity contribution in [3.63, 3.8) is 0 Å². The van der Waals surface area contributed by atoms with Gasteiger partial charge in [0, 0.05) is 31.6 Å². The van der Waals surface area contributed by atoms with E-state index in [9.17, 15) is 4.79 Å². The molecule has 1 aliphatic rings. The minimum absolute atomic E-state index is 0.136. The van der Waals surface area contributed by atoms with Crippen LogP contribution in [0.5, 0.6) is 0 Å². The number of hydrogen-bond donors (Lipinski definition) is 2. The average Bonchev–Trinajstić information content (AvgIpc) is 3.09. The Hall–Kier alpha value is -2.73. The summed E-state index contributed by atoms with van der Waals surface area (Å²) >= 11 is 1.28. The lowest BCUT2D eigenvalue weighted by Gasteiger charge is -2.32. The summed E-state index contributed by atoms with van der Waals surface area (Å²) < 4.78 is 0. The molecule has 2 N–H and O–H groups in total. The smallest absolute Gasteiger partial charge is 0.220 e. The lowest BCUT2D eigenvalue weighted by atomic mass is 9.93. The first-order valence-electron chi connectivity index (χ1n) is 9.03. The van der Waals surface area contributed by atoms with E-state index in [1.807, 2.05) is 19.9 Å². The zero-order valence-corrected chi connectivity index (χ0v) is 16.3. The molecule has 0 saturated carbocycles. The fraction of sp³-hybridized carbons (Fsp3) is 0.500. The van der Waals surface area contributed by atoms with Gasteiger partial charge in [-0.05, 0) is 32.6 Å². The molecular weight excluding hydrogens is 362 g/mol. The average molecular weight is 385 g/mol. The Morgan fingerprint density at radius 3 is 2.81 bits per heavy atom. The van der Waals surface area contributed by atoms with Gasteiger partial charge in [0.2, 0.25) is 5.91 Å². The lowest BCUT2D eigenvalue weighted by molar-refractivity contribution is -0.122. The first-order valence-corrected chi connectivity index (χ1v) is 9.84. The zero-order valence-electron chi connectivity index (χ0n) is 15.5. The van der Waals surface area contributed by atoms with Crippen LogP contribution < -0.4 is 15.5 Å². The van der Waals surface area contributed by atoms with Crippen LogP contribution in [0, 0.1) is 17.2 Å². The van der Waals surface area contributed by atoms with E-state index in [-0.39, 0.29) is 11.9 Å². The van der Waals surface area contributed by atoms with Crippen LogP contribution in [-0.2, 0) is 4.79 Å². The van der Waals surface area contributed by atoms with Crippen LogP contribution in [0.25, 0.3) is 0 Å². The van der Waals surface area contributed by atoms with Gasteiger partial charge in [-0.25, -0.2) is 15.0 Å². The number of nitrogens with one attached hydrogen (secondary N) is 2. The minimum Gasteiger partial charge on any atom is -0.356 e. The van der Waals surface area contributed by atoms with Crippen LogP contribution in [0.4, 0.5) is 16.8 Å². The molecule has 0 atom stereocenters. The number of anilines is 3. The summed E-state index contributed by atoms with van der Waals surface area (Å²) in [5, 5.41) is 15.6. The van der Waals surface area contributed by atoms with Gasteiger partial charge in [-0.15, -0.1) is 0 Å². The molecule has 27 heavy (non-hydrogen) atoms. The molecule has 1 saturated heterocycles. The maximum Gasteiger partial charge on any atom is 0.220 e. The van der Waals surface area contributed by atoms with Gasteiger partial charge in [0.1, 0.15) is 28.9 Å².